The Bertz CT molecular complexity index is 1420. The molecule has 3 rings (SSSR count). The fourth-order valence-corrected chi connectivity index (χ4v) is 6.03. The van der Waals surface area contributed by atoms with Crippen LogP contribution in [0.2, 0.25) is 0 Å². The molecule has 1 aromatic carbocycles. The maximum Gasteiger partial charge on any atom is 0.259 e. The maximum atomic E-state index is 13.6. The number of carbonyl (C=O) groups excluding carboxylic acids is 1. The summed E-state index contributed by atoms with van der Waals surface area (Å²) in [6.45, 7) is 4.74. The molecule has 1 amide bonds. The highest BCUT2D eigenvalue weighted by atomic mass is 32.2. The molecular weight excluding hydrogens is 502 g/mol. The van der Waals surface area contributed by atoms with Crippen molar-refractivity contribution in [1.82, 2.24) is 14.7 Å². The molecule has 0 aliphatic heterocycles. The zero-order valence-electron chi connectivity index (χ0n) is 20.3. The zero-order valence-corrected chi connectivity index (χ0v) is 21.9. The summed E-state index contributed by atoms with van der Waals surface area (Å²) in [5, 5.41) is 28.9. The van der Waals surface area contributed by atoms with Crippen LogP contribution >= 0.6 is 11.3 Å². The van der Waals surface area contributed by atoms with Crippen LogP contribution in [0.5, 0.6) is 5.88 Å². The van der Waals surface area contributed by atoms with Gasteiger partial charge in [0.15, 0.2) is 16.1 Å². The Kier molecular flexibility index (Phi) is 8.42. The molecule has 1 unspecified atom stereocenters. The topological polar surface area (TPSA) is 158 Å². The number of pyridine rings is 1. The Hall–Kier alpha value is -3.37. The Morgan fingerprint density at radius 2 is 2.11 bits per heavy atom. The van der Waals surface area contributed by atoms with Crippen LogP contribution < -0.4 is 9.46 Å². The van der Waals surface area contributed by atoms with Crippen molar-refractivity contribution >= 4 is 27.2 Å². The predicted octanol–water partition coefficient (Wildman–Crippen LogP) is 3.12. The van der Waals surface area contributed by atoms with Crippen molar-refractivity contribution in [3.05, 3.63) is 58.9 Å². The molecular formula is C24H27N5O5S2. The number of hydrogen-bond acceptors (Lipinski definition) is 9. The highest BCUT2D eigenvalue weighted by molar-refractivity contribution is 7.94. The van der Waals surface area contributed by atoms with Gasteiger partial charge in [-0.05, 0) is 41.2 Å². The van der Waals surface area contributed by atoms with Crippen molar-refractivity contribution in [3.63, 3.8) is 0 Å². The number of nitrogens with one attached hydrogen (secondary N) is 1. The van der Waals surface area contributed by atoms with Gasteiger partial charge in [-0.1, -0.05) is 32.0 Å². The summed E-state index contributed by atoms with van der Waals surface area (Å²) in [4.78, 5) is 21.3. The summed E-state index contributed by atoms with van der Waals surface area (Å²) in [5.74, 6) is -0.199. The van der Waals surface area contributed by atoms with Gasteiger partial charge in [-0.25, -0.2) is 18.9 Å². The second kappa shape index (κ2) is 11.1. The molecule has 12 heteroatoms. The predicted molar refractivity (Wildman–Crippen MR) is 135 cm³/mol. The van der Waals surface area contributed by atoms with Crippen molar-refractivity contribution in [2.24, 2.45) is 4.36 Å². The molecule has 0 fully saturated rings. The minimum Gasteiger partial charge on any atom is -0.481 e. The molecule has 0 aliphatic carbocycles. The molecule has 2 heterocycles. The number of hydrogen-bond donors (Lipinski definition) is 3. The number of aromatic nitrogens is 2. The standard InChI is InChI=1S/C24H27N5O5S2/c1-15(2)17-6-5-7-18(16-8-9-26-21(10-16)34-4)19(17)11-20(31)29-36(33,28-14-25)22-12-27-23(35-22)24(3,32)13-30/h5-10,12,15,30,32H,11,13H2,1-4H3,(H,28,29,31,33)/t24-,36?/m0/s1. The molecule has 3 N–H and O–H groups in total. The van der Waals surface area contributed by atoms with E-state index in [1.165, 1.54) is 20.2 Å². The number of ether oxygens (including phenoxy) is 1. The van der Waals surface area contributed by atoms with Crippen LogP contribution in [0.3, 0.4) is 0 Å². The molecule has 2 atom stereocenters. The van der Waals surface area contributed by atoms with E-state index in [0.29, 0.717) is 11.4 Å². The molecule has 0 saturated heterocycles. The van der Waals surface area contributed by atoms with Gasteiger partial charge in [-0.15, -0.1) is 15.7 Å². The minimum absolute atomic E-state index is 0.0163. The van der Waals surface area contributed by atoms with E-state index in [1.807, 2.05) is 32.0 Å². The molecule has 0 saturated carbocycles. The number of rotatable bonds is 9. The smallest absolute Gasteiger partial charge is 0.259 e. The first-order valence-corrected chi connectivity index (χ1v) is 13.3. The summed E-state index contributed by atoms with van der Waals surface area (Å²) in [6, 6.07) is 9.26. The summed E-state index contributed by atoms with van der Waals surface area (Å²) >= 11 is 0.795. The van der Waals surface area contributed by atoms with E-state index in [2.05, 4.69) is 19.1 Å². The van der Waals surface area contributed by atoms with Gasteiger partial charge >= 0.3 is 0 Å². The molecule has 0 radical (unpaired) electrons. The second-order valence-corrected chi connectivity index (χ2v) is 11.6. The van der Waals surface area contributed by atoms with E-state index in [0.717, 1.165) is 28.0 Å². The number of aliphatic hydroxyl groups is 2. The SMILES string of the molecule is COc1cc(-c2cccc(C(C)C)c2CC(=O)N=S(=O)(NC#N)c2cnc([C@@](C)(O)CO)s2)ccn1. The van der Waals surface area contributed by atoms with Crippen molar-refractivity contribution in [2.75, 3.05) is 13.7 Å². The normalized spacial score (nSPS) is 14.4. The first-order chi connectivity index (χ1) is 17.0. The van der Waals surface area contributed by atoms with Gasteiger partial charge in [-0.2, -0.15) is 5.26 Å². The van der Waals surface area contributed by atoms with Gasteiger partial charge in [0.2, 0.25) is 5.88 Å². The van der Waals surface area contributed by atoms with Crippen LogP contribution in [0, 0.1) is 11.5 Å². The van der Waals surface area contributed by atoms with Crippen LogP contribution in [-0.2, 0) is 26.7 Å². The monoisotopic (exact) mass is 529 g/mol. The second-order valence-electron chi connectivity index (χ2n) is 8.43. The van der Waals surface area contributed by atoms with Crippen LogP contribution in [0.25, 0.3) is 11.1 Å². The Labute approximate surface area is 213 Å². The third kappa shape index (κ3) is 5.88. The van der Waals surface area contributed by atoms with Crippen LogP contribution in [0.15, 0.2) is 51.3 Å². The third-order valence-corrected chi connectivity index (χ3v) is 8.81. The lowest BCUT2D eigenvalue weighted by molar-refractivity contribution is -0.117. The van der Waals surface area contributed by atoms with Crippen molar-refractivity contribution in [1.29, 1.82) is 5.26 Å². The highest BCUT2D eigenvalue weighted by Gasteiger charge is 2.29. The quantitative estimate of drug-likeness (QED) is 0.282. The zero-order chi connectivity index (χ0) is 26.5. The van der Waals surface area contributed by atoms with Crippen molar-refractivity contribution in [3.8, 4) is 23.2 Å². The summed E-state index contributed by atoms with van der Waals surface area (Å²) in [5.41, 5.74) is 1.54. The van der Waals surface area contributed by atoms with Gasteiger partial charge in [0, 0.05) is 12.3 Å². The Balaban J connectivity index is 2.08. The number of amides is 1. The van der Waals surface area contributed by atoms with Crippen LogP contribution in [0.4, 0.5) is 0 Å². The van der Waals surface area contributed by atoms with E-state index in [9.17, 15) is 24.5 Å². The molecule has 10 nitrogen and oxygen atoms in total. The maximum absolute atomic E-state index is 13.6. The lowest BCUT2D eigenvalue weighted by atomic mass is 9.88. The average molecular weight is 530 g/mol. The fourth-order valence-electron chi connectivity index (χ4n) is 3.51. The van der Waals surface area contributed by atoms with Crippen molar-refractivity contribution in [2.45, 2.75) is 42.9 Å². The van der Waals surface area contributed by atoms with Gasteiger partial charge in [0.25, 0.3) is 5.91 Å². The number of nitriles is 1. The first kappa shape index (κ1) is 27.2. The van der Waals surface area contributed by atoms with Gasteiger partial charge in [0.1, 0.15) is 14.8 Å². The van der Waals surface area contributed by atoms with E-state index < -0.39 is 28.0 Å². The fraction of sp³-hybridized carbons (Fsp3) is 0.333. The number of carbonyl (C=O) groups is 1. The van der Waals surface area contributed by atoms with E-state index >= 15 is 0 Å². The van der Waals surface area contributed by atoms with Crippen LogP contribution in [-0.4, -0.2) is 44.0 Å². The van der Waals surface area contributed by atoms with E-state index in [-0.39, 0.29) is 21.6 Å². The lowest BCUT2D eigenvalue weighted by Gasteiger charge is -2.17. The number of methoxy groups -OCH3 is 1. The molecule has 0 bridgehead atoms. The molecule has 0 aliphatic rings. The average Bonchev–Trinajstić information content (AvgIpc) is 3.36. The van der Waals surface area contributed by atoms with Gasteiger partial charge in [-0.3, -0.25) is 4.79 Å². The van der Waals surface area contributed by atoms with Crippen LogP contribution in [0.1, 0.15) is 42.8 Å². The van der Waals surface area contributed by atoms with Gasteiger partial charge in [0.05, 0.1) is 26.3 Å². The molecule has 3 aromatic rings. The lowest BCUT2D eigenvalue weighted by Crippen LogP contribution is -2.25. The molecule has 36 heavy (non-hydrogen) atoms. The Morgan fingerprint density at radius 1 is 1.36 bits per heavy atom. The summed E-state index contributed by atoms with van der Waals surface area (Å²) < 4.78 is 24.8. The number of aliphatic hydroxyl groups excluding tert-OH is 1. The molecule has 190 valence electrons. The number of benzene rings is 1. The number of thiazole rings is 1. The minimum atomic E-state index is -3.71. The van der Waals surface area contributed by atoms with Crippen molar-refractivity contribution < 1.29 is 24.0 Å². The van der Waals surface area contributed by atoms with E-state index in [4.69, 9.17) is 4.74 Å². The first-order valence-electron chi connectivity index (χ1n) is 10.9. The number of nitrogens with zero attached hydrogens (tertiary/aromatic N) is 4. The largest absolute Gasteiger partial charge is 0.481 e. The van der Waals surface area contributed by atoms with Gasteiger partial charge < -0.3 is 14.9 Å². The molecule has 0 spiro atoms. The van der Waals surface area contributed by atoms with E-state index in [1.54, 1.807) is 24.5 Å². The highest BCUT2D eigenvalue weighted by Crippen LogP contribution is 2.33. The Morgan fingerprint density at radius 3 is 2.75 bits per heavy atom. The third-order valence-electron chi connectivity index (χ3n) is 5.36. The summed E-state index contributed by atoms with van der Waals surface area (Å²) in [6.07, 6.45) is 4.20. The summed E-state index contributed by atoms with van der Waals surface area (Å²) in [7, 11) is -2.19. The molecule has 2 aromatic heterocycles.